The molecule has 0 spiro atoms. The SMILES string of the molecule is CCCC1(C(=O)Nc2ncccc2Cl)CCNCC1. The Morgan fingerprint density at radius 3 is 2.89 bits per heavy atom. The van der Waals surface area contributed by atoms with Gasteiger partial charge in [-0.25, -0.2) is 4.98 Å². The van der Waals surface area contributed by atoms with Gasteiger partial charge in [0.1, 0.15) is 0 Å². The Morgan fingerprint density at radius 2 is 2.26 bits per heavy atom. The van der Waals surface area contributed by atoms with Gasteiger partial charge in [-0.15, -0.1) is 0 Å². The first-order valence-electron chi connectivity index (χ1n) is 6.81. The lowest BCUT2D eigenvalue weighted by Crippen LogP contribution is -2.45. The third kappa shape index (κ3) is 3.25. The number of amides is 1. The van der Waals surface area contributed by atoms with Crippen LogP contribution in [-0.4, -0.2) is 24.0 Å². The summed E-state index contributed by atoms with van der Waals surface area (Å²) in [5, 5.41) is 6.68. The molecule has 0 unspecified atom stereocenters. The Labute approximate surface area is 118 Å². The average Bonchev–Trinajstić information content (AvgIpc) is 2.42. The summed E-state index contributed by atoms with van der Waals surface area (Å²) in [6.07, 6.45) is 5.29. The molecular formula is C14H20ClN3O. The number of halogens is 1. The van der Waals surface area contributed by atoms with Crippen molar-refractivity contribution in [3.8, 4) is 0 Å². The molecule has 0 atom stereocenters. The molecule has 1 saturated heterocycles. The summed E-state index contributed by atoms with van der Waals surface area (Å²) >= 11 is 6.04. The lowest BCUT2D eigenvalue weighted by atomic mass is 9.74. The molecule has 1 amide bonds. The van der Waals surface area contributed by atoms with Crippen LogP contribution in [0.15, 0.2) is 18.3 Å². The topological polar surface area (TPSA) is 54.0 Å². The summed E-state index contributed by atoms with van der Waals surface area (Å²) in [5.41, 5.74) is -0.277. The molecule has 104 valence electrons. The summed E-state index contributed by atoms with van der Waals surface area (Å²) in [7, 11) is 0. The van der Waals surface area contributed by atoms with Crippen LogP contribution in [0.3, 0.4) is 0 Å². The molecule has 0 saturated carbocycles. The molecule has 1 fully saturated rings. The van der Waals surface area contributed by atoms with Crippen LogP contribution in [0.1, 0.15) is 32.6 Å². The number of pyridine rings is 1. The van der Waals surface area contributed by atoms with E-state index in [9.17, 15) is 4.79 Å². The molecule has 0 aliphatic carbocycles. The van der Waals surface area contributed by atoms with E-state index in [0.29, 0.717) is 10.8 Å². The second-order valence-electron chi connectivity index (χ2n) is 5.07. The van der Waals surface area contributed by atoms with Crippen LogP contribution >= 0.6 is 11.6 Å². The molecule has 0 radical (unpaired) electrons. The lowest BCUT2D eigenvalue weighted by molar-refractivity contribution is -0.127. The predicted molar refractivity (Wildman–Crippen MR) is 77.3 cm³/mol. The van der Waals surface area contributed by atoms with Crippen LogP contribution in [0.25, 0.3) is 0 Å². The van der Waals surface area contributed by atoms with Crippen LogP contribution < -0.4 is 10.6 Å². The zero-order valence-electron chi connectivity index (χ0n) is 11.2. The number of aromatic nitrogens is 1. The molecule has 2 heterocycles. The van der Waals surface area contributed by atoms with E-state index in [4.69, 9.17) is 11.6 Å². The Morgan fingerprint density at radius 1 is 1.53 bits per heavy atom. The van der Waals surface area contributed by atoms with Crippen molar-refractivity contribution in [3.05, 3.63) is 23.4 Å². The van der Waals surface area contributed by atoms with Gasteiger partial charge in [0.15, 0.2) is 5.82 Å². The van der Waals surface area contributed by atoms with Crippen LogP contribution in [0.5, 0.6) is 0 Å². The number of anilines is 1. The third-order valence-corrected chi connectivity index (χ3v) is 4.07. The van der Waals surface area contributed by atoms with Gasteiger partial charge in [-0.05, 0) is 44.5 Å². The molecule has 2 rings (SSSR count). The summed E-state index contributed by atoms with van der Waals surface area (Å²) in [6.45, 7) is 3.90. The van der Waals surface area contributed by atoms with Crippen molar-refractivity contribution in [1.29, 1.82) is 0 Å². The van der Waals surface area contributed by atoms with Gasteiger partial charge in [0.2, 0.25) is 5.91 Å². The summed E-state index contributed by atoms with van der Waals surface area (Å²) in [5.74, 6) is 0.514. The first-order valence-corrected chi connectivity index (χ1v) is 7.18. The normalized spacial score (nSPS) is 18.0. The van der Waals surface area contributed by atoms with Crippen molar-refractivity contribution in [2.24, 2.45) is 5.41 Å². The fraction of sp³-hybridized carbons (Fsp3) is 0.571. The molecular weight excluding hydrogens is 262 g/mol. The lowest BCUT2D eigenvalue weighted by Gasteiger charge is -2.36. The van der Waals surface area contributed by atoms with Gasteiger partial charge in [0.05, 0.1) is 10.4 Å². The molecule has 0 bridgehead atoms. The minimum absolute atomic E-state index is 0.0523. The molecule has 5 heteroatoms. The largest absolute Gasteiger partial charge is 0.317 e. The standard InChI is InChI=1S/C14H20ClN3O/c1-2-5-14(6-9-16-10-7-14)13(19)18-12-11(15)4-3-8-17-12/h3-4,8,16H,2,5-7,9-10H2,1H3,(H,17,18,19). The van der Waals surface area contributed by atoms with Crippen LogP contribution in [0.4, 0.5) is 5.82 Å². The number of carbonyl (C=O) groups excluding carboxylic acids is 1. The quantitative estimate of drug-likeness (QED) is 0.892. The average molecular weight is 282 g/mol. The van der Waals surface area contributed by atoms with Gasteiger partial charge in [-0.1, -0.05) is 24.9 Å². The molecule has 0 aromatic carbocycles. The third-order valence-electron chi connectivity index (χ3n) is 3.76. The number of nitrogens with zero attached hydrogens (tertiary/aromatic N) is 1. The van der Waals surface area contributed by atoms with Crippen molar-refractivity contribution >= 4 is 23.3 Å². The van der Waals surface area contributed by atoms with Crippen LogP contribution in [0, 0.1) is 5.41 Å². The highest BCUT2D eigenvalue weighted by Crippen LogP contribution is 2.35. The summed E-state index contributed by atoms with van der Waals surface area (Å²) in [4.78, 5) is 16.7. The number of carbonyl (C=O) groups is 1. The van der Waals surface area contributed by atoms with Crippen molar-refractivity contribution < 1.29 is 4.79 Å². The van der Waals surface area contributed by atoms with Crippen molar-refractivity contribution in [2.45, 2.75) is 32.6 Å². The smallest absolute Gasteiger partial charge is 0.231 e. The Balaban J connectivity index is 2.14. The maximum absolute atomic E-state index is 12.6. The van der Waals surface area contributed by atoms with Crippen molar-refractivity contribution in [3.63, 3.8) is 0 Å². The van der Waals surface area contributed by atoms with Crippen LogP contribution in [-0.2, 0) is 4.79 Å². The van der Waals surface area contributed by atoms with Crippen molar-refractivity contribution in [1.82, 2.24) is 10.3 Å². The molecule has 19 heavy (non-hydrogen) atoms. The zero-order chi connectivity index (χ0) is 13.7. The highest BCUT2D eigenvalue weighted by atomic mass is 35.5. The van der Waals surface area contributed by atoms with E-state index < -0.39 is 0 Å². The van der Waals surface area contributed by atoms with E-state index in [1.54, 1.807) is 18.3 Å². The maximum atomic E-state index is 12.6. The van der Waals surface area contributed by atoms with E-state index in [0.717, 1.165) is 38.8 Å². The van der Waals surface area contributed by atoms with E-state index in [1.807, 2.05) is 0 Å². The van der Waals surface area contributed by atoms with E-state index in [1.165, 1.54) is 0 Å². The monoisotopic (exact) mass is 281 g/mol. The molecule has 1 aliphatic rings. The Bertz CT molecular complexity index is 439. The molecule has 2 N–H and O–H groups in total. The highest BCUT2D eigenvalue weighted by molar-refractivity contribution is 6.33. The van der Waals surface area contributed by atoms with E-state index in [2.05, 4.69) is 22.5 Å². The number of rotatable bonds is 4. The van der Waals surface area contributed by atoms with Gasteiger partial charge in [0.25, 0.3) is 0 Å². The number of piperidine rings is 1. The van der Waals surface area contributed by atoms with Gasteiger partial charge in [-0.3, -0.25) is 4.79 Å². The van der Waals surface area contributed by atoms with Crippen LogP contribution in [0.2, 0.25) is 5.02 Å². The van der Waals surface area contributed by atoms with Gasteiger partial charge >= 0.3 is 0 Å². The minimum atomic E-state index is -0.277. The second-order valence-corrected chi connectivity index (χ2v) is 5.48. The van der Waals surface area contributed by atoms with Gasteiger partial charge < -0.3 is 10.6 Å². The Hall–Kier alpha value is -1.13. The predicted octanol–water partition coefficient (Wildman–Crippen LogP) is 2.84. The first-order chi connectivity index (χ1) is 9.18. The van der Waals surface area contributed by atoms with E-state index in [-0.39, 0.29) is 11.3 Å². The molecule has 1 aliphatic heterocycles. The fourth-order valence-corrected chi connectivity index (χ4v) is 2.86. The molecule has 1 aromatic rings. The number of hydrogen-bond acceptors (Lipinski definition) is 3. The van der Waals surface area contributed by atoms with Crippen molar-refractivity contribution in [2.75, 3.05) is 18.4 Å². The van der Waals surface area contributed by atoms with Gasteiger partial charge in [0, 0.05) is 6.20 Å². The zero-order valence-corrected chi connectivity index (χ0v) is 12.0. The van der Waals surface area contributed by atoms with Gasteiger partial charge in [-0.2, -0.15) is 0 Å². The first kappa shape index (κ1) is 14.3. The maximum Gasteiger partial charge on any atom is 0.231 e. The Kier molecular flexibility index (Phi) is 4.77. The molecule has 1 aromatic heterocycles. The fourth-order valence-electron chi connectivity index (χ4n) is 2.69. The number of hydrogen-bond donors (Lipinski definition) is 2. The summed E-state index contributed by atoms with van der Waals surface area (Å²) < 4.78 is 0. The van der Waals surface area contributed by atoms with E-state index >= 15 is 0 Å². The minimum Gasteiger partial charge on any atom is -0.317 e. The number of nitrogens with one attached hydrogen (secondary N) is 2. The second kappa shape index (κ2) is 6.35. The molecule has 4 nitrogen and oxygen atoms in total. The highest BCUT2D eigenvalue weighted by Gasteiger charge is 2.38. The summed E-state index contributed by atoms with van der Waals surface area (Å²) in [6, 6.07) is 3.49.